The molecule has 1 aromatic carbocycles. The average molecular weight is 278 g/mol. The summed E-state index contributed by atoms with van der Waals surface area (Å²) in [7, 11) is 1.51. The second-order valence-electron chi connectivity index (χ2n) is 4.57. The van der Waals surface area contributed by atoms with Gasteiger partial charge in [-0.3, -0.25) is 14.5 Å². The number of methoxy groups -OCH3 is 1. The number of nitrogen functional groups attached to an aromatic ring is 1. The van der Waals surface area contributed by atoms with E-state index in [2.05, 4.69) is 10.6 Å². The van der Waals surface area contributed by atoms with Gasteiger partial charge in [0.2, 0.25) is 11.8 Å². The third-order valence-corrected chi connectivity index (χ3v) is 2.98. The van der Waals surface area contributed by atoms with E-state index < -0.39 is 0 Å². The molecule has 0 aliphatic carbocycles. The topological polar surface area (TPSA) is 96.7 Å². The number of carbonyl (C=O) groups excluding carboxylic acids is 2. The van der Waals surface area contributed by atoms with E-state index in [1.165, 1.54) is 7.11 Å². The van der Waals surface area contributed by atoms with E-state index in [1.807, 2.05) is 0 Å². The number of nitrogens with two attached hydrogens (primary N) is 1. The van der Waals surface area contributed by atoms with Crippen LogP contribution < -0.4 is 21.1 Å². The largest absolute Gasteiger partial charge is 0.494 e. The molecule has 108 valence electrons. The Morgan fingerprint density at radius 3 is 3.05 bits per heavy atom. The molecule has 1 heterocycles. The van der Waals surface area contributed by atoms with E-state index in [0.29, 0.717) is 30.2 Å². The Labute approximate surface area is 117 Å². The average Bonchev–Trinajstić information content (AvgIpc) is 2.40. The van der Waals surface area contributed by atoms with Crippen LogP contribution in [0.5, 0.6) is 5.75 Å². The molecule has 0 atom stereocenters. The van der Waals surface area contributed by atoms with Gasteiger partial charge in [0.25, 0.3) is 0 Å². The van der Waals surface area contributed by atoms with E-state index >= 15 is 0 Å². The molecule has 1 fully saturated rings. The summed E-state index contributed by atoms with van der Waals surface area (Å²) >= 11 is 0. The molecule has 0 spiro atoms. The van der Waals surface area contributed by atoms with Gasteiger partial charge in [-0.2, -0.15) is 0 Å². The Morgan fingerprint density at radius 1 is 1.55 bits per heavy atom. The van der Waals surface area contributed by atoms with Gasteiger partial charge in [-0.15, -0.1) is 0 Å². The van der Waals surface area contributed by atoms with Crippen molar-refractivity contribution in [2.75, 3.05) is 44.3 Å². The van der Waals surface area contributed by atoms with Crippen molar-refractivity contribution in [2.24, 2.45) is 0 Å². The Bertz CT molecular complexity index is 518. The van der Waals surface area contributed by atoms with Crippen LogP contribution in [0.25, 0.3) is 0 Å². The van der Waals surface area contributed by atoms with Crippen LogP contribution in [0.15, 0.2) is 18.2 Å². The maximum atomic E-state index is 12.0. The molecule has 0 aromatic heterocycles. The molecule has 2 amide bonds. The molecule has 0 radical (unpaired) electrons. The van der Waals surface area contributed by atoms with E-state index in [9.17, 15) is 9.59 Å². The highest BCUT2D eigenvalue weighted by Gasteiger charge is 2.19. The number of piperazine rings is 1. The van der Waals surface area contributed by atoms with Gasteiger partial charge in [0.05, 0.1) is 25.9 Å². The fourth-order valence-corrected chi connectivity index (χ4v) is 2.03. The predicted octanol–water partition coefficient (Wildman–Crippen LogP) is -0.352. The van der Waals surface area contributed by atoms with Gasteiger partial charge in [0.1, 0.15) is 5.75 Å². The number of ether oxygens (including phenoxy) is 1. The number of nitrogens with zero attached hydrogens (tertiary/aromatic N) is 1. The van der Waals surface area contributed by atoms with Crippen molar-refractivity contribution in [1.29, 1.82) is 0 Å². The summed E-state index contributed by atoms with van der Waals surface area (Å²) in [5.74, 6) is 0.256. The number of nitrogens with one attached hydrogen (secondary N) is 2. The molecule has 0 unspecified atom stereocenters. The Morgan fingerprint density at radius 2 is 2.35 bits per heavy atom. The maximum Gasteiger partial charge on any atom is 0.238 e. The van der Waals surface area contributed by atoms with Crippen LogP contribution in [0.3, 0.4) is 0 Å². The molecule has 1 aliphatic rings. The first kappa shape index (κ1) is 14.1. The molecule has 1 aromatic rings. The number of anilines is 2. The highest BCUT2D eigenvalue weighted by Crippen LogP contribution is 2.26. The quantitative estimate of drug-likeness (QED) is 0.654. The first-order valence-electron chi connectivity index (χ1n) is 6.31. The minimum absolute atomic E-state index is 0.0610. The SMILES string of the molecule is COc1cc(N)ccc1NC(=O)CN1CCNC(=O)C1. The Kier molecular flexibility index (Phi) is 4.41. The van der Waals surface area contributed by atoms with Gasteiger partial charge in [0, 0.05) is 24.8 Å². The zero-order chi connectivity index (χ0) is 14.5. The van der Waals surface area contributed by atoms with Gasteiger partial charge < -0.3 is 21.1 Å². The van der Waals surface area contributed by atoms with E-state index in [0.717, 1.165) is 0 Å². The number of rotatable bonds is 4. The van der Waals surface area contributed by atoms with Gasteiger partial charge in [-0.25, -0.2) is 0 Å². The highest BCUT2D eigenvalue weighted by atomic mass is 16.5. The lowest BCUT2D eigenvalue weighted by Crippen LogP contribution is -2.49. The minimum Gasteiger partial charge on any atom is -0.494 e. The molecule has 4 N–H and O–H groups in total. The van der Waals surface area contributed by atoms with Crippen molar-refractivity contribution in [3.63, 3.8) is 0 Å². The third-order valence-electron chi connectivity index (χ3n) is 2.98. The van der Waals surface area contributed by atoms with Crippen LogP contribution in [0.2, 0.25) is 0 Å². The van der Waals surface area contributed by atoms with Crippen LogP contribution >= 0.6 is 0 Å². The summed E-state index contributed by atoms with van der Waals surface area (Å²) in [6.45, 7) is 1.64. The lowest BCUT2D eigenvalue weighted by Gasteiger charge is -2.25. The first-order chi connectivity index (χ1) is 9.58. The molecule has 0 bridgehead atoms. The molecule has 1 saturated heterocycles. The normalized spacial score (nSPS) is 15.6. The maximum absolute atomic E-state index is 12.0. The second-order valence-corrected chi connectivity index (χ2v) is 4.57. The molecule has 1 aliphatic heterocycles. The van der Waals surface area contributed by atoms with Crippen LogP contribution in [0, 0.1) is 0 Å². The smallest absolute Gasteiger partial charge is 0.238 e. The van der Waals surface area contributed by atoms with E-state index in [-0.39, 0.29) is 24.9 Å². The summed E-state index contributed by atoms with van der Waals surface area (Å²) in [5, 5.41) is 5.47. The van der Waals surface area contributed by atoms with Crippen molar-refractivity contribution in [2.45, 2.75) is 0 Å². The van der Waals surface area contributed by atoms with Crippen molar-refractivity contribution < 1.29 is 14.3 Å². The van der Waals surface area contributed by atoms with Crippen LogP contribution in [0.4, 0.5) is 11.4 Å². The van der Waals surface area contributed by atoms with Gasteiger partial charge in [0.15, 0.2) is 0 Å². The molecular weight excluding hydrogens is 260 g/mol. The fraction of sp³-hybridized carbons (Fsp3) is 0.385. The number of carbonyl (C=O) groups is 2. The van der Waals surface area contributed by atoms with Gasteiger partial charge in [-0.05, 0) is 12.1 Å². The van der Waals surface area contributed by atoms with E-state index in [4.69, 9.17) is 10.5 Å². The van der Waals surface area contributed by atoms with Gasteiger partial charge in [-0.1, -0.05) is 0 Å². The lowest BCUT2D eigenvalue weighted by atomic mass is 10.2. The molecule has 0 saturated carbocycles. The number of hydrogen-bond donors (Lipinski definition) is 3. The standard InChI is InChI=1S/C13H18N4O3/c1-20-11-6-9(14)2-3-10(11)16-13(19)8-17-5-4-15-12(18)7-17/h2-3,6H,4-5,7-8,14H2,1H3,(H,15,18)(H,16,19). The van der Waals surface area contributed by atoms with E-state index in [1.54, 1.807) is 23.1 Å². The molecule has 20 heavy (non-hydrogen) atoms. The minimum atomic E-state index is -0.192. The summed E-state index contributed by atoms with van der Waals surface area (Å²) in [6.07, 6.45) is 0. The monoisotopic (exact) mass is 278 g/mol. The van der Waals surface area contributed by atoms with Crippen LogP contribution in [0.1, 0.15) is 0 Å². The number of amides is 2. The fourth-order valence-electron chi connectivity index (χ4n) is 2.03. The molecule has 7 nitrogen and oxygen atoms in total. The lowest BCUT2D eigenvalue weighted by molar-refractivity contribution is -0.125. The molecule has 7 heteroatoms. The van der Waals surface area contributed by atoms with Crippen molar-refractivity contribution in [1.82, 2.24) is 10.2 Å². The van der Waals surface area contributed by atoms with Crippen molar-refractivity contribution in [3.05, 3.63) is 18.2 Å². The summed E-state index contributed by atoms with van der Waals surface area (Å²) < 4.78 is 5.16. The Hall–Kier alpha value is -2.28. The second kappa shape index (κ2) is 6.25. The zero-order valence-electron chi connectivity index (χ0n) is 11.3. The number of benzene rings is 1. The number of hydrogen-bond acceptors (Lipinski definition) is 5. The first-order valence-corrected chi connectivity index (χ1v) is 6.31. The zero-order valence-corrected chi connectivity index (χ0v) is 11.3. The molecule has 2 rings (SSSR count). The van der Waals surface area contributed by atoms with Crippen molar-refractivity contribution in [3.8, 4) is 5.75 Å². The predicted molar refractivity (Wildman–Crippen MR) is 75.5 cm³/mol. The Balaban J connectivity index is 1.95. The van der Waals surface area contributed by atoms with Crippen molar-refractivity contribution >= 4 is 23.2 Å². The summed E-state index contributed by atoms with van der Waals surface area (Å²) in [4.78, 5) is 25.0. The third kappa shape index (κ3) is 3.61. The van der Waals surface area contributed by atoms with Gasteiger partial charge >= 0.3 is 0 Å². The summed E-state index contributed by atoms with van der Waals surface area (Å²) in [6, 6.07) is 5.02. The molecular formula is C13H18N4O3. The summed E-state index contributed by atoms with van der Waals surface area (Å²) in [5.41, 5.74) is 6.78. The van der Waals surface area contributed by atoms with Crippen LogP contribution in [-0.2, 0) is 9.59 Å². The highest BCUT2D eigenvalue weighted by molar-refractivity contribution is 5.94. The van der Waals surface area contributed by atoms with Crippen LogP contribution in [-0.4, -0.2) is 50.0 Å².